The van der Waals surface area contributed by atoms with E-state index in [0.29, 0.717) is 3.79 Å². The minimum atomic E-state index is -3.85. The van der Waals surface area contributed by atoms with Crippen LogP contribution in [-0.4, -0.2) is 19.5 Å². The first-order chi connectivity index (χ1) is 9.70. The molecule has 2 rings (SSSR count). The number of carboxylic acids is 1. The molecule has 0 saturated heterocycles. The Morgan fingerprint density at radius 3 is 2.57 bits per heavy atom. The van der Waals surface area contributed by atoms with Gasteiger partial charge in [0.15, 0.2) is 0 Å². The highest BCUT2D eigenvalue weighted by Gasteiger charge is 2.20. The molecule has 0 unspecified atom stereocenters. The second kappa shape index (κ2) is 5.74. The first-order valence-electron chi connectivity index (χ1n) is 5.52. The van der Waals surface area contributed by atoms with Gasteiger partial charge < -0.3 is 5.11 Å². The van der Waals surface area contributed by atoms with E-state index in [9.17, 15) is 17.6 Å². The molecule has 0 bridgehead atoms. The highest BCUT2D eigenvalue weighted by atomic mass is 79.9. The summed E-state index contributed by atoms with van der Waals surface area (Å²) in [4.78, 5) is 10.8. The number of hydrogen-bond acceptors (Lipinski definition) is 4. The number of thiophene rings is 1. The average molecular weight is 394 g/mol. The van der Waals surface area contributed by atoms with Gasteiger partial charge in [-0.15, -0.1) is 11.3 Å². The predicted octanol–water partition coefficient (Wildman–Crippen LogP) is 3.46. The molecule has 21 heavy (non-hydrogen) atoms. The SMILES string of the molecule is Cc1cc(S(=O)(=O)Nc2ccc(F)c(C(=O)O)c2)sc1Br. The van der Waals surface area contributed by atoms with E-state index >= 15 is 0 Å². The van der Waals surface area contributed by atoms with Crippen LogP contribution >= 0.6 is 27.3 Å². The van der Waals surface area contributed by atoms with E-state index in [0.717, 1.165) is 35.1 Å². The van der Waals surface area contributed by atoms with Gasteiger partial charge >= 0.3 is 5.97 Å². The van der Waals surface area contributed by atoms with E-state index in [1.165, 1.54) is 6.07 Å². The van der Waals surface area contributed by atoms with Crippen molar-refractivity contribution in [1.29, 1.82) is 0 Å². The molecule has 0 fully saturated rings. The summed E-state index contributed by atoms with van der Waals surface area (Å²) in [6.45, 7) is 1.75. The van der Waals surface area contributed by atoms with Crippen LogP contribution in [0.25, 0.3) is 0 Å². The molecule has 1 aromatic carbocycles. The van der Waals surface area contributed by atoms with Crippen LogP contribution < -0.4 is 4.72 Å². The van der Waals surface area contributed by atoms with Crippen molar-refractivity contribution in [3.05, 3.63) is 45.0 Å². The fourth-order valence-corrected chi connectivity index (χ4v) is 4.80. The Hall–Kier alpha value is -1.45. The Kier molecular flexibility index (Phi) is 4.35. The molecule has 0 saturated carbocycles. The lowest BCUT2D eigenvalue weighted by molar-refractivity contribution is 0.0692. The quantitative estimate of drug-likeness (QED) is 0.832. The molecular weight excluding hydrogens is 385 g/mol. The molecule has 0 aliphatic rings. The molecule has 1 heterocycles. The van der Waals surface area contributed by atoms with Gasteiger partial charge in [0.1, 0.15) is 10.0 Å². The van der Waals surface area contributed by atoms with Crippen LogP contribution in [0, 0.1) is 12.7 Å². The fraction of sp³-hybridized carbons (Fsp3) is 0.0833. The zero-order valence-corrected chi connectivity index (χ0v) is 13.8. The normalized spacial score (nSPS) is 11.4. The van der Waals surface area contributed by atoms with E-state index < -0.39 is 27.4 Å². The average Bonchev–Trinajstić information content (AvgIpc) is 2.72. The molecule has 5 nitrogen and oxygen atoms in total. The lowest BCUT2D eigenvalue weighted by Gasteiger charge is -2.07. The van der Waals surface area contributed by atoms with Crippen LogP contribution in [0.15, 0.2) is 32.3 Å². The van der Waals surface area contributed by atoms with E-state index in [2.05, 4.69) is 20.7 Å². The summed E-state index contributed by atoms with van der Waals surface area (Å²) in [5.74, 6) is -2.40. The van der Waals surface area contributed by atoms with E-state index in [-0.39, 0.29) is 9.90 Å². The van der Waals surface area contributed by atoms with Crippen molar-refractivity contribution in [2.45, 2.75) is 11.1 Å². The molecule has 0 aliphatic carbocycles. The number of halogens is 2. The molecule has 0 radical (unpaired) electrons. The van der Waals surface area contributed by atoms with Crippen molar-refractivity contribution < 1.29 is 22.7 Å². The molecule has 112 valence electrons. The summed E-state index contributed by atoms with van der Waals surface area (Å²) in [6, 6.07) is 4.48. The zero-order valence-electron chi connectivity index (χ0n) is 10.6. The molecule has 9 heteroatoms. The minimum Gasteiger partial charge on any atom is -0.478 e. The van der Waals surface area contributed by atoms with Gasteiger partial charge in [-0.2, -0.15) is 0 Å². The number of aromatic carboxylic acids is 1. The lowest BCUT2D eigenvalue weighted by Crippen LogP contribution is -2.12. The smallest absolute Gasteiger partial charge is 0.338 e. The first-order valence-corrected chi connectivity index (χ1v) is 8.61. The van der Waals surface area contributed by atoms with E-state index in [1.807, 2.05) is 0 Å². The van der Waals surface area contributed by atoms with Crippen LogP contribution in [-0.2, 0) is 10.0 Å². The van der Waals surface area contributed by atoms with Crippen LogP contribution in [0.2, 0.25) is 0 Å². The number of benzene rings is 1. The second-order valence-corrected chi connectivity index (χ2v) is 8.41. The van der Waals surface area contributed by atoms with Crippen molar-refractivity contribution in [1.82, 2.24) is 0 Å². The summed E-state index contributed by atoms with van der Waals surface area (Å²) in [7, 11) is -3.85. The first kappa shape index (κ1) is 15.9. The molecular formula is C12H9BrFNO4S2. The topological polar surface area (TPSA) is 83.5 Å². The minimum absolute atomic E-state index is 0.0176. The fourth-order valence-electron chi connectivity index (χ4n) is 1.52. The summed E-state index contributed by atoms with van der Waals surface area (Å²) < 4.78 is 40.6. The van der Waals surface area contributed by atoms with Gasteiger partial charge in [-0.1, -0.05) is 0 Å². The lowest BCUT2D eigenvalue weighted by atomic mass is 10.2. The Morgan fingerprint density at radius 2 is 2.05 bits per heavy atom. The molecule has 0 amide bonds. The Labute approximate surface area is 132 Å². The summed E-state index contributed by atoms with van der Waals surface area (Å²) >= 11 is 4.26. The maximum Gasteiger partial charge on any atom is 0.338 e. The van der Waals surface area contributed by atoms with Crippen molar-refractivity contribution in [3.63, 3.8) is 0 Å². The molecule has 2 N–H and O–H groups in total. The largest absolute Gasteiger partial charge is 0.478 e. The molecule has 0 aliphatic heterocycles. The van der Waals surface area contributed by atoms with Crippen LogP contribution in [0.3, 0.4) is 0 Å². The predicted molar refractivity (Wildman–Crippen MR) is 80.9 cm³/mol. The van der Waals surface area contributed by atoms with Gasteiger partial charge in [0.2, 0.25) is 0 Å². The molecule has 1 aromatic heterocycles. The Balaban J connectivity index is 2.37. The van der Waals surface area contributed by atoms with Crippen LogP contribution in [0.1, 0.15) is 15.9 Å². The van der Waals surface area contributed by atoms with Gasteiger partial charge in [0.05, 0.1) is 9.35 Å². The van der Waals surface area contributed by atoms with Crippen molar-refractivity contribution >= 4 is 48.9 Å². The van der Waals surface area contributed by atoms with Gasteiger partial charge in [-0.05, 0) is 52.7 Å². The van der Waals surface area contributed by atoms with E-state index in [4.69, 9.17) is 5.11 Å². The number of hydrogen-bond donors (Lipinski definition) is 2. The van der Waals surface area contributed by atoms with Gasteiger partial charge in [0, 0.05) is 5.69 Å². The van der Waals surface area contributed by atoms with Crippen molar-refractivity contribution in [2.75, 3.05) is 4.72 Å². The highest BCUT2D eigenvalue weighted by Crippen LogP contribution is 2.31. The standard InChI is InChI=1S/C12H9BrFNO4S2/c1-6-4-10(20-11(6)13)21(18,19)15-7-2-3-9(14)8(5-7)12(16)17/h2-5,15H,1H3,(H,16,17). The number of carbonyl (C=O) groups is 1. The number of sulfonamides is 1. The van der Waals surface area contributed by atoms with Crippen LogP contribution in [0.4, 0.5) is 10.1 Å². The number of rotatable bonds is 4. The maximum atomic E-state index is 13.3. The number of aryl methyl sites for hydroxylation is 1. The maximum absolute atomic E-state index is 13.3. The zero-order chi connectivity index (χ0) is 15.8. The second-order valence-electron chi connectivity index (χ2n) is 4.13. The number of nitrogens with one attached hydrogen (secondary N) is 1. The number of carboxylic acid groups (broad SMARTS) is 1. The summed E-state index contributed by atoms with van der Waals surface area (Å²) in [5.41, 5.74) is 0.153. The Bertz CT molecular complexity index is 797. The van der Waals surface area contributed by atoms with Gasteiger partial charge in [-0.3, -0.25) is 4.72 Å². The van der Waals surface area contributed by atoms with Gasteiger partial charge in [-0.25, -0.2) is 17.6 Å². The Morgan fingerprint density at radius 1 is 1.38 bits per heavy atom. The van der Waals surface area contributed by atoms with Crippen molar-refractivity contribution in [2.24, 2.45) is 0 Å². The van der Waals surface area contributed by atoms with Crippen LogP contribution in [0.5, 0.6) is 0 Å². The molecule has 0 spiro atoms. The molecule has 0 atom stereocenters. The van der Waals surface area contributed by atoms with Gasteiger partial charge in [0.25, 0.3) is 10.0 Å². The third-order valence-electron chi connectivity index (χ3n) is 2.55. The monoisotopic (exact) mass is 393 g/mol. The summed E-state index contributed by atoms with van der Waals surface area (Å²) in [5, 5.41) is 8.82. The van der Waals surface area contributed by atoms with Crippen molar-refractivity contribution in [3.8, 4) is 0 Å². The third-order valence-corrected chi connectivity index (χ3v) is 6.54. The number of anilines is 1. The van der Waals surface area contributed by atoms with E-state index in [1.54, 1.807) is 6.92 Å². The summed E-state index contributed by atoms with van der Waals surface area (Å²) in [6.07, 6.45) is 0. The third kappa shape index (κ3) is 3.42. The highest BCUT2D eigenvalue weighted by molar-refractivity contribution is 9.11. The molecule has 2 aromatic rings.